The zero-order valence-electron chi connectivity index (χ0n) is 16.2. The molecular weight excluding hydrogens is 392 g/mol. The minimum atomic E-state index is -1.02. The fourth-order valence-electron chi connectivity index (χ4n) is 3.20. The SMILES string of the molecule is CN1CCC(OC(=O)Nc2cc(/C=C/C(=O)O)ccc2-c2ccccc2)CC1.Cl. The molecule has 1 heterocycles. The molecule has 1 amide bonds. The number of carbonyl (C=O) groups excluding carboxylic acids is 1. The van der Waals surface area contributed by atoms with Crippen molar-refractivity contribution in [2.24, 2.45) is 0 Å². The first-order valence-corrected chi connectivity index (χ1v) is 9.28. The Balaban J connectivity index is 0.00000300. The Bertz CT molecular complexity index is 862. The van der Waals surface area contributed by atoms with Crippen molar-refractivity contribution in [2.45, 2.75) is 18.9 Å². The van der Waals surface area contributed by atoms with Crippen LogP contribution in [0.2, 0.25) is 0 Å². The second-order valence-electron chi connectivity index (χ2n) is 6.88. The molecular formula is C22H25ClN2O4. The van der Waals surface area contributed by atoms with Crippen LogP contribution in [-0.4, -0.2) is 48.3 Å². The maximum absolute atomic E-state index is 12.5. The Labute approximate surface area is 176 Å². The third-order valence-electron chi connectivity index (χ3n) is 4.72. The van der Waals surface area contributed by atoms with Crippen LogP contribution >= 0.6 is 12.4 Å². The molecule has 0 radical (unpaired) electrons. The van der Waals surface area contributed by atoms with E-state index in [4.69, 9.17) is 9.84 Å². The molecule has 0 unspecified atom stereocenters. The van der Waals surface area contributed by atoms with Gasteiger partial charge in [-0.2, -0.15) is 0 Å². The van der Waals surface area contributed by atoms with E-state index in [1.165, 1.54) is 6.08 Å². The monoisotopic (exact) mass is 416 g/mol. The number of carboxylic acids is 1. The highest BCUT2D eigenvalue weighted by atomic mass is 35.5. The maximum atomic E-state index is 12.5. The van der Waals surface area contributed by atoms with Crippen molar-refractivity contribution in [1.29, 1.82) is 0 Å². The molecule has 29 heavy (non-hydrogen) atoms. The molecule has 2 N–H and O–H groups in total. The first-order chi connectivity index (χ1) is 13.5. The summed E-state index contributed by atoms with van der Waals surface area (Å²) in [4.78, 5) is 25.5. The largest absolute Gasteiger partial charge is 0.478 e. The van der Waals surface area contributed by atoms with Gasteiger partial charge in [-0.3, -0.25) is 5.32 Å². The molecule has 6 nitrogen and oxygen atoms in total. The summed E-state index contributed by atoms with van der Waals surface area (Å²) in [5, 5.41) is 11.7. The van der Waals surface area contributed by atoms with Gasteiger partial charge in [0.05, 0.1) is 5.69 Å². The van der Waals surface area contributed by atoms with Crippen LogP contribution < -0.4 is 5.32 Å². The second kappa shape index (κ2) is 10.6. The normalized spacial score (nSPS) is 14.9. The van der Waals surface area contributed by atoms with Gasteiger partial charge in [-0.15, -0.1) is 12.4 Å². The van der Waals surface area contributed by atoms with E-state index in [0.29, 0.717) is 11.3 Å². The van der Waals surface area contributed by atoms with Gasteiger partial charge in [0.15, 0.2) is 0 Å². The van der Waals surface area contributed by atoms with E-state index in [-0.39, 0.29) is 18.5 Å². The number of carboxylic acid groups (broad SMARTS) is 1. The molecule has 3 rings (SSSR count). The summed E-state index contributed by atoms with van der Waals surface area (Å²) >= 11 is 0. The minimum absolute atomic E-state index is 0. The zero-order valence-corrected chi connectivity index (χ0v) is 17.0. The molecule has 154 valence electrons. The van der Waals surface area contributed by atoms with Gasteiger partial charge in [-0.25, -0.2) is 9.59 Å². The zero-order chi connectivity index (χ0) is 19.9. The van der Waals surface area contributed by atoms with Crippen LogP contribution in [0, 0.1) is 0 Å². The number of ether oxygens (including phenoxy) is 1. The number of hydrogen-bond donors (Lipinski definition) is 2. The Morgan fingerprint density at radius 1 is 1.14 bits per heavy atom. The Hall–Kier alpha value is -2.83. The number of benzene rings is 2. The van der Waals surface area contributed by atoms with Crippen molar-refractivity contribution < 1.29 is 19.4 Å². The van der Waals surface area contributed by atoms with Crippen molar-refractivity contribution in [1.82, 2.24) is 4.90 Å². The lowest BCUT2D eigenvalue weighted by atomic mass is 10.0. The van der Waals surface area contributed by atoms with Gasteiger partial charge in [0.2, 0.25) is 0 Å². The molecule has 1 saturated heterocycles. The molecule has 0 bridgehead atoms. The number of amides is 1. The topological polar surface area (TPSA) is 78.9 Å². The van der Waals surface area contributed by atoms with E-state index in [1.54, 1.807) is 6.07 Å². The second-order valence-corrected chi connectivity index (χ2v) is 6.88. The predicted octanol–water partition coefficient (Wildman–Crippen LogP) is 4.52. The number of hydrogen-bond acceptors (Lipinski definition) is 4. The number of likely N-dealkylation sites (tertiary alicyclic amines) is 1. The molecule has 0 spiro atoms. The average Bonchev–Trinajstić information content (AvgIpc) is 2.69. The Morgan fingerprint density at radius 3 is 2.48 bits per heavy atom. The van der Waals surface area contributed by atoms with Gasteiger partial charge in [-0.05, 0) is 43.2 Å². The first kappa shape index (κ1) is 22.5. The van der Waals surface area contributed by atoms with Gasteiger partial charge in [-0.1, -0.05) is 42.5 Å². The summed E-state index contributed by atoms with van der Waals surface area (Å²) in [5.41, 5.74) is 3.05. The molecule has 1 aliphatic rings. The fourth-order valence-corrected chi connectivity index (χ4v) is 3.20. The van der Waals surface area contributed by atoms with E-state index in [2.05, 4.69) is 17.3 Å². The molecule has 7 heteroatoms. The van der Waals surface area contributed by atoms with Gasteiger partial charge in [0.25, 0.3) is 0 Å². The molecule has 2 aromatic rings. The molecule has 0 saturated carbocycles. The van der Waals surface area contributed by atoms with Crippen molar-refractivity contribution in [3.63, 3.8) is 0 Å². The highest BCUT2D eigenvalue weighted by Crippen LogP contribution is 2.30. The number of rotatable bonds is 5. The third-order valence-corrected chi connectivity index (χ3v) is 4.72. The molecule has 2 aromatic carbocycles. The Kier molecular flexibility index (Phi) is 8.24. The maximum Gasteiger partial charge on any atom is 0.411 e. The van der Waals surface area contributed by atoms with E-state index in [9.17, 15) is 9.59 Å². The summed E-state index contributed by atoms with van der Waals surface area (Å²) in [6, 6.07) is 15.1. The van der Waals surface area contributed by atoms with Crippen LogP contribution in [0.25, 0.3) is 17.2 Å². The van der Waals surface area contributed by atoms with Crippen molar-refractivity contribution >= 4 is 36.2 Å². The molecule has 0 aliphatic carbocycles. The van der Waals surface area contributed by atoms with Crippen LogP contribution in [0.15, 0.2) is 54.6 Å². The number of piperidine rings is 1. The first-order valence-electron chi connectivity index (χ1n) is 9.28. The van der Waals surface area contributed by atoms with Crippen molar-refractivity contribution in [3.8, 4) is 11.1 Å². The molecule has 1 aliphatic heterocycles. The number of carbonyl (C=O) groups is 2. The standard InChI is InChI=1S/C22H24N2O4.ClH/c1-24-13-11-18(12-14-24)28-22(27)23-20-15-16(8-10-21(25)26)7-9-19(20)17-5-3-2-4-6-17;/h2-10,15,18H,11-14H2,1H3,(H,23,27)(H,25,26);1H/b10-8+;. The van der Waals surface area contributed by atoms with Crippen molar-refractivity contribution in [2.75, 3.05) is 25.5 Å². The number of nitrogens with zero attached hydrogens (tertiary/aromatic N) is 1. The van der Waals surface area contributed by atoms with E-state index >= 15 is 0 Å². The smallest absolute Gasteiger partial charge is 0.411 e. The van der Waals surface area contributed by atoms with Crippen LogP contribution in [-0.2, 0) is 9.53 Å². The number of nitrogens with one attached hydrogen (secondary N) is 1. The van der Waals surface area contributed by atoms with Crippen molar-refractivity contribution in [3.05, 3.63) is 60.2 Å². The summed E-state index contributed by atoms with van der Waals surface area (Å²) in [5.74, 6) is -1.02. The van der Waals surface area contributed by atoms with Gasteiger partial charge >= 0.3 is 12.1 Å². The lowest BCUT2D eigenvalue weighted by Crippen LogP contribution is -2.36. The third kappa shape index (κ3) is 6.62. The predicted molar refractivity (Wildman–Crippen MR) is 116 cm³/mol. The Morgan fingerprint density at radius 2 is 1.83 bits per heavy atom. The lowest BCUT2D eigenvalue weighted by Gasteiger charge is -2.28. The summed E-state index contributed by atoms with van der Waals surface area (Å²) in [7, 11) is 2.05. The highest BCUT2D eigenvalue weighted by Gasteiger charge is 2.21. The number of halogens is 1. The summed E-state index contributed by atoms with van der Waals surface area (Å²) in [6.07, 6.45) is 3.61. The van der Waals surface area contributed by atoms with Gasteiger partial charge in [0, 0.05) is 24.7 Å². The summed E-state index contributed by atoms with van der Waals surface area (Å²) < 4.78 is 5.58. The van der Waals surface area contributed by atoms with Crippen LogP contribution in [0.4, 0.5) is 10.5 Å². The van der Waals surface area contributed by atoms with Crippen LogP contribution in [0.3, 0.4) is 0 Å². The lowest BCUT2D eigenvalue weighted by molar-refractivity contribution is -0.131. The average molecular weight is 417 g/mol. The minimum Gasteiger partial charge on any atom is -0.478 e. The van der Waals surface area contributed by atoms with Gasteiger partial charge < -0.3 is 14.7 Å². The van der Waals surface area contributed by atoms with Crippen LogP contribution in [0.1, 0.15) is 18.4 Å². The molecule has 0 atom stereocenters. The van der Waals surface area contributed by atoms with E-state index in [1.807, 2.05) is 42.5 Å². The van der Waals surface area contributed by atoms with Crippen LogP contribution in [0.5, 0.6) is 0 Å². The molecule has 0 aromatic heterocycles. The highest BCUT2D eigenvalue weighted by molar-refractivity contribution is 5.93. The van der Waals surface area contributed by atoms with E-state index < -0.39 is 12.1 Å². The van der Waals surface area contributed by atoms with E-state index in [0.717, 1.165) is 43.1 Å². The number of aliphatic carboxylic acids is 1. The van der Waals surface area contributed by atoms with Gasteiger partial charge in [0.1, 0.15) is 6.10 Å². The summed E-state index contributed by atoms with van der Waals surface area (Å²) in [6.45, 7) is 1.81. The number of anilines is 1. The molecule has 1 fully saturated rings. The quantitative estimate of drug-likeness (QED) is 0.701. The fraction of sp³-hybridized carbons (Fsp3) is 0.273.